The third kappa shape index (κ3) is 4.47. The van der Waals surface area contributed by atoms with Gasteiger partial charge in [0.25, 0.3) is 5.56 Å². The van der Waals surface area contributed by atoms with Crippen LogP contribution in [0.25, 0.3) is 10.9 Å². The number of hydrogen-bond donors (Lipinski definition) is 0. The number of esters is 1. The lowest BCUT2D eigenvalue weighted by Crippen LogP contribution is -2.29. The van der Waals surface area contributed by atoms with Gasteiger partial charge in [0.1, 0.15) is 0 Å². The van der Waals surface area contributed by atoms with Crippen LogP contribution in [-0.2, 0) is 21.8 Å². The van der Waals surface area contributed by atoms with Crippen LogP contribution in [-0.4, -0.2) is 35.3 Å². The predicted octanol–water partition coefficient (Wildman–Crippen LogP) is 3.93. The fourth-order valence-corrected chi connectivity index (χ4v) is 4.49. The van der Waals surface area contributed by atoms with Crippen molar-refractivity contribution in [2.24, 2.45) is 0 Å². The molecule has 9 heteroatoms. The Morgan fingerprint density at radius 1 is 1.32 bits per heavy atom. The Balaban J connectivity index is 1.75. The second-order valence-corrected chi connectivity index (χ2v) is 8.11. The first-order valence-electron chi connectivity index (χ1n) is 9.78. The average Bonchev–Trinajstić information content (AvgIpc) is 3.29. The third-order valence-electron chi connectivity index (χ3n) is 5.14. The molecule has 0 amide bonds. The molecular formula is C22H20F2N2O4S. The summed E-state index contributed by atoms with van der Waals surface area (Å²) in [7, 11) is 1.27. The number of aromatic nitrogens is 2. The fourth-order valence-electron chi connectivity index (χ4n) is 3.51. The maximum atomic E-state index is 14.1. The Hall–Kier alpha value is -2.78. The van der Waals surface area contributed by atoms with E-state index in [1.807, 2.05) is 0 Å². The van der Waals surface area contributed by atoms with Crippen LogP contribution in [0.4, 0.5) is 8.78 Å². The predicted molar refractivity (Wildman–Crippen MR) is 112 cm³/mol. The van der Waals surface area contributed by atoms with Crippen molar-refractivity contribution < 1.29 is 23.0 Å². The summed E-state index contributed by atoms with van der Waals surface area (Å²) in [4.78, 5) is 29.7. The molecule has 1 aromatic heterocycles. The van der Waals surface area contributed by atoms with Crippen LogP contribution in [0.2, 0.25) is 0 Å². The van der Waals surface area contributed by atoms with Gasteiger partial charge in [-0.25, -0.2) is 18.6 Å². The van der Waals surface area contributed by atoms with Crippen molar-refractivity contribution in [3.05, 3.63) is 69.5 Å². The van der Waals surface area contributed by atoms with E-state index < -0.39 is 17.6 Å². The Morgan fingerprint density at radius 3 is 2.90 bits per heavy atom. The second-order valence-electron chi connectivity index (χ2n) is 7.17. The number of methoxy groups -OCH3 is 1. The van der Waals surface area contributed by atoms with Crippen molar-refractivity contribution in [3.8, 4) is 0 Å². The van der Waals surface area contributed by atoms with E-state index in [-0.39, 0.29) is 28.5 Å². The van der Waals surface area contributed by atoms with Crippen molar-refractivity contribution in [2.45, 2.75) is 36.4 Å². The van der Waals surface area contributed by atoms with E-state index in [0.29, 0.717) is 29.2 Å². The number of carbonyl (C=O) groups is 1. The van der Waals surface area contributed by atoms with Crippen LogP contribution in [0, 0.1) is 11.6 Å². The Labute approximate surface area is 181 Å². The number of nitrogens with zero attached hydrogens (tertiary/aromatic N) is 2. The fraction of sp³-hybridized carbons (Fsp3) is 0.318. The molecule has 1 aliphatic heterocycles. The Kier molecular flexibility index (Phi) is 6.33. The molecule has 6 nitrogen and oxygen atoms in total. The summed E-state index contributed by atoms with van der Waals surface area (Å²) in [5, 5.41) is 0.700. The molecule has 4 rings (SSSR count). The van der Waals surface area contributed by atoms with Gasteiger partial charge in [0.15, 0.2) is 16.8 Å². The summed E-state index contributed by atoms with van der Waals surface area (Å²) >= 11 is 1.13. The summed E-state index contributed by atoms with van der Waals surface area (Å²) in [5.74, 6) is -2.30. The van der Waals surface area contributed by atoms with Crippen LogP contribution < -0.4 is 5.56 Å². The molecule has 1 unspecified atom stereocenters. The maximum Gasteiger partial charge on any atom is 0.337 e. The largest absolute Gasteiger partial charge is 0.465 e. The molecule has 1 aliphatic rings. The van der Waals surface area contributed by atoms with E-state index in [2.05, 4.69) is 4.98 Å². The van der Waals surface area contributed by atoms with Gasteiger partial charge in [-0.3, -0.25) is 9.36 Å². The van der Waals surface area contributed by atoms with Gasteiger partial charge in [-0.15, -0.1) is 0 Å². The highest BCUT2D eigenvalue weighted by Gasteiger charge is 2.21. The van der Waals surface area contributed by atoms with Crippen LogP contribution in [0.1, 0.15) is 28.8 Å². The lowest BCUT2D eigenvalue weighted by atomic mass is 10.1. The highest BCUT2D eigenvalue weighted by molar-refractivity contribution is 7.98. The third-order valence-corrected chi connectivity index (χ3v) is 6.17. The van der Waals surface area contributed by atoms with Gasteiger partial charge in [-0.2, -0.15) is 0 Å². The van der Waals surface area contributed by atoms with Crippen molar-refractivity contribution in [3.63, 3.8) is 0 Å². The van der Waals surface area contributed by atoms with E-state index in [9.17, 15) is 18.4 Å². The number of halogens is 2. The second kappa shape index (κ2) is 9.15. The van der Waals surface area contributed by atoms with E-state index in [0.717, 1.165) is 30.7 Å². The summed E-state index contributed by atoms with van der Waals surface area (Å²) in [6, 6.07) is 8.53. The Bertz CT molecular complexity index is 1190. The Morgan fingerprint density at radius 2 is 2.16 bits per heavy atom. The summed E-state index contributed by atoms with van der Waals surface area (Å²) in [6.07, 6.45) is 1.63. The number of benzene rings is 2. The number of carbonyl (C=O) groups excluding carboxylic acids is 1. The van der Waals surface area contributed by atoms with Crippen molar-refractivity contribution >= 4 is 28.6 Å². The molecule has 0 bridgehead atoms. The molecule has 0 saturated carbocycles. The van der Waals surface area contributed by atoms with Crippen molar-refractivity contribution in [2.75, 3.05) is 13.7 Å². The topological polar surface area (TPSA) is 70.4 Å². The van der Waals surface area contributed by atoms with Gasteiger partial charge < -0.3 is 9.47 Å². The monoisotopic (exact) mass is 446 g/mol. The van der Waals surface area contributed by atoms with Gasteiger partial charge >= 0.3 is 5.97 Å². The highest BCUT2D eigenvalue weighted by atomic mass is 32.2. The van der Waals surface area contributed by atoms with Gasteiger partial charge in [-0.05, 0) is 37.1 Å². The first-order valence-corrected chi connectivity index (χ1v) is 10.8. The lowest BCUT2D eigenvalue weighted by Gasteiger charge is -2.17. The molecule has 0 N–H and O–H groups in total. The highest BCUT2D eigenvalue weighted by Crippen LogP contribution is 2.26. The van der Waals surface area contributed by atoms with Gasteiger partial charge in [-0.1, -0.05) is 23.9 Å². The molecule has 162 valence electrons. The first kappa shape index (κ1) is 21.5. The summed E-state index contributed by atoms with van der Waals surface area (Å²) < 4.78 is 39.6. The normalized spacial score (nSPS) is 16.0. The number of thioether (sulfide) groups is 1. The zero-order valence-electron chi connectivity index (χ0n) is 16.8. The zero-order valence-corrected chi connectivity index (χ0v) is 17.6. The lowest BCUT2D eigenvalue weighted by molar-refractivity contribution is 0.0601. The van der Waals surface area contributed by atoms with E-state index >= 15 is 0 Å². The zero-order chi connectivity index (χ0) is 22.0. The minimum atomic E-state index is -0.927. The molecule has 3 aromatic rings. The number of fused-ring (bicyclic) bond motifs is 1. The van der Waals surface area contributed by atoms with E-state index in [1.54, 1.807) is 6.07 Å². The molecule has 1 atom stereocenters. The van der Waals surface area contributed by atoms with Gasteiger partial charge in [0.05, 0.1) is 36.2 Å². The molecule has 0 radical (unpaired) electrons. The summed E-state index contributed by atoms with van der Waals surface area (Å²) in [5.41, 5.74) is 0.495. The molecule has 0 aliphatic carbocycles. The molecule has 2 aromatic carbocycles. The molecule has 2 heterocycles. The minimum Gasteiger partial charge on any atom is -0.465 e. The quantitative estimate of drug-likeness (QED) is 0.325. The molecule has 1 fully saturated rings. The van der Waals surface area contributed by atoms with Crippen LogP contribution >= 0.6 is 11.8 Å². The molecule has 0 spiro atoms. The van der Waals surface area contributed by atoms with E-state index in [1.165, 1.54) is 35.9 Å². The average molecular weight is 446 g/mol. The number of hydrogen-bond acceptors (Lipinski definition) is 6. The van der Waals surface area contributed by atoms with E-state index in [4.69, 9.17) is 9.47 Å². The standard InChI is InChI=1S/C22H20F2N2O4S/c1-29-21(28)13-7-8-16-18(10-13)25-22(26(20(16)27)11-15-5-3-9-30-15)31-12-14-4-2-6-17(23)19(14)24/h2,4,6-8,10,15H,3,5,9,11-12H2,1H3. The van der Waals surface area contributed by atoms with Crippen LogP contribution in [0.5, 0.6) is 0 Å². The van der Waals surface area contributed by atoms with Crippen LogP contribution in [0.15, 0.2) is 46.3 Å². The number of rotatable bonds is 6. The van der Waals surface area contributed by atoms with Crippen molar-refractivity contribution in [1.82, 2.24) is 9.55 Å². The number of ether oxygens (including phenoxy) is 2. The first-order chi connectivity index (χ1) is 15.0. The minimum absolute atomic E-state index is 0.0871. The smallest absolute Gasteiger partial charge is 0.337 e. The molecular weight excluding hydrogens is 426 g/mol. The van der Waals surface area contributed by atoms with Crippen LogP contribution in [0.3, 0.4) is 0 Å². The molecule has 31 heavy (non-hydrogen) atoms. The SMILES string of the molecule is COC(=O)c1ccc2c(=O)n(CC3CCCO3)c(SCc3cccc(F)c3F)nc2c1. The van der Waals surface area contributed by atoms with Gasteiger partial charge in [0.2, 0.25) is 0 Å². The molecule has 1 saturated heterocycles. The van der Waals surface area contributed by atoms with Gasteiger partial charge in [0, 0.05) is 17.9 Å². The van der Waals surface area contributed by atoms with Crippen molar-refractivity contribution in [1.29, 1.82) is 0 Å². The maximum absolute atomic E-state index is 14.1. The summed E-state index contributed by atoms with van der Waals surface area (Å²) in [6.45, 7) is 0.953.